The second-order valence-corrected chi connectivity index (χ2v) is 3.29. The Bertz CT molecular complexity index is 661. The summed E-state index contributed by atoms with van der Waals surface area (Å²) in [6, 6.07) is 5.77. The fourth-order valence-electron chi connectivity index (χ4n) is 1.59. The summed E-state index contributed by atoms with van der Waals surface area (Å²) in [5.41, 5.74) is 3.39. The molecule has 5 nitrogen and oxygen atoms in total. The quantitative estimate of drug-likeness (QED) is 0.552. The summed E-state index contributed by atoms with van der Waals surface area (Å²) in [7, 11) is 0. The molecule has 0 aliphatic carbocycles. The maximum atomic E-state index is 10.9. The molecule has 74 valence electrons. The molecule has 1 aromatic carbocycles. The Morgan fingerprint density at radius 2 is 2.13 bits per heavy atom. The molecular weight excluding hydrogens is 192 g/mol. The topological polar surface area (TPSA) is 77.3 Å². The molecule has 3 N–H and O–H groups in total. The first-order valence-corrected chi connectivity index (χ1v) is 4.54. The summed E-state index contributed by atoms with van der Waals surface area (Å²) in [5, 5.41) is 0. The summed E-state index contributed by atoms with van der Waals surface area (Å²) in [4.78, 5) is 23.4. The molecule has 0 fully saturated rings. The Morgan fingerprint density at radius 3 is 2.93 bits per heavy atom. The highest BCUT2D eigenvalue weighted by atomic mass is 16.1. The van der Waals surface area contributed by atoms with E-state index in [4.69, 9.17) is 0 Å². The van der Waals surface area contributed by atoms with E-state index in [0.29, 0.717) is 0 Å². The van der Waals surface area contributed by atoms with Gasteiger partial charge in [-0.25, -0.2) is 9.78 Å². The van der Waals surface area contributed by atoms with E-state index >= 15 is 0 Å². The highest BCUT2D eigenvalue weighted by Gasteiger charge is 2.02. The molecule has 5 heteroatoms. The van der Waals surface area contributed by atoms with Gasteiger partial charge in [0.2, 0.25) is 0 Å². The van der Waals surface area contributed by atoms with Gasteiger partial charge >= 0.3 is 5.69 Å². The van der Waals surface area contributed by atoms with Gasteiger partial charge in [0, 0.05) is 11.8 Å². The van der Waals surface area contributed by atoms with Gasteiger partial charge in [0.1, 0.15) is 0 Å². The van der Waals surface area contributed by atoms with Crippen LogP contribution in [0.3, 0.4) is 0 Å². The number of aromatic amines is 3. The maximum Gasteiger partial charge on any atom is 0.323 e. The number of imidazole rings is 2. The summed E-state index contributed by atoms with van der Waals surface area (Å²) in [6.45, 7) is 0. The van der Waals surface area contributed by atoms with Crippen LogP contribution in [0.1, 0.15) is 0 Å². The molecular formula is C10H8N4O. The van der Waals surface area contributed by atoms with E-state index in [1.807, 2.05) is 18.2 Å². The largest absolute Gasteiger partial charge is 0.345 e. The molecule has 3 aromatic rings. The lowest BCUT2D eigenvalue weighted by atomic mass is 10.1. The Hall–Kier alpha value is -2.30. The molecule has 0 bridgehead atoms. The van der Waals surface area contributed by atoms with Crippen LogP contribution in [0.15, 0.2) is 35.5 Å². The zero-order valence-corrected chi connectivity index (χ0v) is 7.74. The maximum absolute atomic E-state index is 10.9. The number of aromatic nitrogens is 4. The van der Waals surface area contributed by atoms with Crippen LogP contribution in [0, 0.1) is 0 Å². The van der Waals surface area contributed by atoms with Crippen molar-refractivity contribution in [2.24, 2.45) is 0 Å². The molecule has 2 aromatic heterocycles. The predicted octanol–water partition coefficient (Wildman–Crippen LogP) is 1.25. The fourth-order valence-corrected chi connectivity index (χ4v) is 1.59. The van der Waals surface area contributed by atoms with Crippen molar-refractivity contribution in [3.05, 3.63) is 41.2 Å². The Labute approximate surface area is 84.2 Å². The number of nitrogens with one attached hydrogen (secondary N) is 3. The van der Waals surface area contributed by atoms with Crippen molar-refractivity contribution in [3.8, 4) is 11.3 Å². The molecule has 0 atom stereocenters. The molecule has 0 aliphatic heterocycles. The normalized spacial score (nSPS) is 10.9. The minimum atomic E-state index is -0.199. The van der Waals surface area contributed by atoms with Crippen LogP contribution in [0.2, 0.25) is 0 Å². The molecule has 0 spiro atoms. The summed E-state index contributed by atoms with van der Waals surface area (Å²) in [6.07, 6.45) is 3.30. The molecule has 0 saturated heterocycles. The lowest BCUT2D eigenvalue weighted by Gasteiger charge is -1.96. The smallest absolute Gasteiger partial charge is 0.323 e. The van der Waals surface area contributed by atoms with E-state index in [1.54, 1.807) is 12.5 Å². The van der Waals surface area contributed by atoms with Gasteiger partial charge in [-0.3, -0.25) is 0 Å². The van der Waals surface area contributed by atoms with Crippen LogP contribution in [0.4, 0.5) is 0 Å². The van der Waals surface area contributed by atoms with Gasteiger partial charge in [-0.2, -0.15) is 0 Å². The number of rotatable bonds is 1. The van der Waals surface area contributed by atoms with Gasteiger partial charge in [-0.05, 0) is 12.1 Å². The van der Waals surface area contributed by atoms with Crippen LogP contribution in [-0.4, -0.2) is 19.9 Å². The molecule has 15 heavy (non-hydrogen) atoms. The van der Waals surface area contributed by atoms with Crippen molar-refractivity contribution in [1.82, 2.24) is 19.9 Å². The van der Waals surface area contributed by atoms with E-state index in [9.17, 15) is 4.79 Å². The van der Waals surface area contributed by atoms with E-state index in [0.717, 1.165) is 22.3 Å². The zero-order chi connectivity index (χ0) is 10.3. The van der Waals surface area contributed by atoms with Crippen LogP contribution in [0.5, 0.6) is 0 Å². The van der Waals surface area contributed by atoms with E-state index in [2.05, 4.69) is 19.9 Å². The second-order valence-electron chi connectivity index (χ2n) is 3.29. The Balaban J connectivity index is 2.22. The molecule has 0 radical (unpaired) electrons. The van der Waals surface area contributed by atoms with Crippen molar-refractivity contribution in [2.75, 3.05) is 0 Å². The standard InChI is InChI=1S/C10H8N4O/c15-10-11-4-9(14-10)6-1-2-7-8(3-6)13-5-12-7/h1-5H,(H,12,13)(H2,11,14,15). The summed E-state index contributed by atoms with van der Waals surface area (Å²) < 4.78 is 0. The average Bonchev–Trinajstić information content (AvgIpc) is 2.84. The highest BCUT2D eigenvalue weighted by Crippen LogP contribution is 2.19. The first kappa shape index (κ1) is 8.05. The van der Waals surface area contributed by atoms with Gasteiger partial charge in [0.05, 0.1) is 23.1 Å². The molecule has 0 aliphatic rings. The summed E-state index contributed by atoms with van der Waals surface area (Å²) >= 11 is 0. The van der Waals surface area contributed by atoms with Gasteiger partial charge < -0.3 is 15.0 Å². The van der Waals surface area contributed by atoms with Crippen LogP contribution < -0.4 is 5.69 Å². The number of benzene rings is 1. The van der Waals surface area contributed by atoms with E-state index in [-0.39, 0.29) is 5.69 Å². The lowest BCUT2D eigenvalue weighted by molar-refractivity contribution is 1.19. The number of hydrogen-bond donors (Lipinski definition) is 3. The van der Waals surface area contributed by atoms with Crippen molar-refractivity contribution in [2.45, 2.75) is 0 Å². The first-order valence-electron chi connectivity index (χ1n) is 4.54. The number of hydrogen-bond acceptors (Lipinski definition) is 2. The fraction of sp³-hybridized carbons (Fsp3) is 0. The van der Waals surface area contributed by atoms with Crippen LogP contribution in [-0.2, 0) is 0 Å². The minimum absolute atomic E-state index is 0.199. The van der Waals surface area contributed by atoms with Crippen LogP contribution in [0.25, 0.3) is 22.3 Å². The molecule has 3 rings (SSSR count). The zero-order valence-electron chi connectivity index (χ0n) is 7.74. The van der Waals surface area contributed by atoms with Gasteiger partial charge in [-0.1, -0.05) is 6.07 Å². The van der Waals surface area contributed by atoms with Gasteiger partial charge in [-0.15, -0.1) is 0 Å². The molecule has 2 heterocycles. The van der Waals surface area contributed by atoms with Crippen LogP contribution >= 0.6 is 0 Å². The monoisotopic (exact) mass is 200 g/mol. The third-order valence-corrected chi connectivity index (χ3v) is 2.33. The Kier molecular flexibility index (Phi) is 1.53. The third kappa shape index (κ3) is 1.25. The lowest BCUT2D eigenvalue weighted by Crippen LogP contribution is -1.99. The van der Waals surface area contributed by atoms with Gasteiger partial charge in [0.15, 0.2) is 0 Å². The average molecular weight is 200 g/mol. The first-order chi connectivity index (χ1) is 7.33. The van der Waals surface area contributed by atoms with E-state index < -0.39 is 0 Å². The minimum Gasteiger partial charge on any atom is -0.345 e. The highest BCUT2D eigenvalue weighted by molar-refractivity contribution is 5.80. The van der Waals surface area contributed by atoms with Crippen molar-refractivity contribution < 1.29 is 0 Å². The Morgan fingerprint density at radius 1 is 1.20 bits per heavy atom. The van der Waals surface area contributed by atoms with Crippen molar-refractivity contribution in [3.63, 3.8) is 0 Å². The molecule has 0 saturated carbocycles. The molecule has 0 amide bonds. The SMILES string of the molecule is O=c1[nH]cc(-c2ccc3nc[nH]c3c2)[nH]1. The second kappa shape index (κ2) is 2.84. The summed E-state index contributed by atoms with van der Waals surface area (Å²) in [5.74, 6) is 0. The number of fused-ring (bicyclic) bond motifs is 1. The third-order valence-electron chi connectivity index (χ3n) is 2.33. The predicted molar refractivity (Wildman–Crippen MR) is 56.5 cm³/mol. The van der Waals surface area contributed by atoms with Gasteiger partial charge in [0.25, 0.3) is 0 Å². The van der Waals surface area contributed by atoms with E-state index in [1.165, 1.54) is 0 Å². The number of H-pyrrole nitrogens is 3. The van der Waals surface area contributed by atoms with Crippen molar-refractivity contribution in [1.29, 1.82) is 0 Å². The van der Waals surface area contributed by atoms with Crippen molar-refractivity contribution >= 4 is 11.0 Å². The molecule has 0 unspecified atom stereocenters. The number of nitrogens with zero attached hydrogens (tertiary/aromatic N) is 1.